The Balaban J connectivity index is 1.73. The fourth-order valence-corrected chi connectivity index (χ4v) is 2.25. The van der Waals surface area contributed by atoms with Crippen LogP contribution in [0.15, 0.2) is 36.5 Å². The molecule has 0 spiro atoms. The third-order valence-corrected chi connectivity index (χ3v) is 3.25. The summed E-state index contributed by atoms with van der Waals surface area (Å²) in [6.07, 6.45) is 1.28. The van der Waals surface area contributed by atoms with Crippen LogP contribution in [0, 0.1) is 0 Å². The number of aromatic nitrogens is 1. The summed E-state index contributed by atoms with van der Waals surface area (Å²) in [7, 11) is 0. The number of benzene rings is 1. The minimum Gasteiger partial charge on any atom is -0.504 e. The number of carbonyl (C=O) groups is 1. The molecule has 0 fully saturated rings. The quantitative estimate of drug-likeness (QED) is 0.891. The Hall–Kier alpha value is -2.27. The minimum atomic E-state index is -0.648. The van der Waals surface area contributed by atoms with Gasteiger partial charge in [-0.05, 0) is 35.9 Å². The van der Waals surface area contributed by atoms with E-state index in [1.54, 1.807) is 24.3 Å². The third kappa shape index (κ3) is 2.40. The van der Waals surface area contributed by atoms with Crippen LogP contribution in [-0.2, 0) is 11.2 Å². The zero-order valence-corrected chi connectivity index (χ0v) is 11.1. The molecule has 1 atom stereocenters. The van der Waals surface area contributed by atoms with Crippen molar-refractivity contribution >= 4 is 23.3 Å². The van der Waals surface area contributed by atoms with E-state index in [2.05, 4.69) is 10.3 Å². The average Bonchev–Trinajstić information content (AvgIpc) is 2.84. The lowest BCUT2D eigenvalue weighted by Crippen LogP contribution is -2.31. The molecule has 0 saturated heterocycles. The third-order valence-electron chi connectivity index (χ3n) is 3.02. The Morgan fingerprint density at radius 2 is 2.30 bits per heavy atom. The molecule has 1 aromatic heterocycles. The van der Waals surface area contributed by atoms with Gasteiger partial charge in [-0.2, -0.15) is 0 Å². The zero-order valence-electron chi connectivity index (χ0n) is 10.3. The molecule has 1 aromatic carbocycles. The van der Waals surface area contributed by atoms with Crippen molar-refractivity contribution in [2.45, 2.75) is 12.5 Å². The number of nitrogens with zero attached hydrogens (tertiary/aromatic N) is 1. The first-order valence-electron chi connectivity index (χ1n) is 6.03. The molecule has 0 unspecified atom stereocenters. The number of anilines is 1. The van der Waals surface area contributed by atoms with Gasteiger partial charge >= 0.3 is 0 Å². The molecule has 5 nitrogen and oxygen atoms in total. The van der Waals surface area contributed by atoms with Gasteiger partial charge in [-0.15, -0.1) is 0 Å². The van der Waals surface area contributed by atoms with Crippen LogP contribution in [0.25, 0.3) is 0 Å². The summed E-state index contributed by atoms with van der Waals surface area (Å²) in [5, 5.41) is 12.7. The van der Waals surface area contributed by atoms with E-state index >= 15 is 0 Å². The van der Waals surface area contributed by atoms with Crippen molar-refractivity contribution in [3.8, 4) is 11.5 Å². The summed E-state index contributed by atoms with van der Waals surface area (Å²) in [5.74, 6) is 0.334. The number of fused-ring (bicyclic) bond motifs is 1. The van der Waals surface area contributed by atoms with Crippen molar-refractivity contribution in [3.63, 3.8) is 0 Å². The molecule has 102 valence electrons. The highest BCUT2D eigenvalue weighted by atomic mass is 35.5. The molecule has 2 heterocycles. The molecule has 2 N–H and O–H groups in total. The number of ether oxygens (including phenoxy) is 1. The second kappa shape index (κ2) is 5.02. The molecule has 1 aliphatic rings. The highest BCUT2D eigenvalue weighted by Crippen LogP contribution is 2.31. The largest absolute Gasteiger partial charge is 0.504 e. The molecule has 20 heavy (non-hydrogen) atoms. The number of pyridine rings is 1. The van der Waals surface area contributed by atoms with Crippen LogP contribution in [0.3, 0.4) is 0 Å². The van der Waals surface area contributed by atoms with Crippen LogP contribution >= 0.6 is 11.6 Å². The Morgan fingerprint density at radius 3 is 3.10 bits per heavy atom. The SMILES string of the molecule is O=C(Nc1ncccc1O)[C@H]1Cc2cc(Cl)ccc2O1. The summed E-state index contributed by atoms with van der Waals surface area (Å²) >= 11 is 5.90. The van der Waals surface area contributed by atoms with Crippen LogP contribution < -0.4 is 10.1 Å². The van der Waals surface area contributed by atoms with Gasteiger partial charge in [-0.1, -0.05) is 11.6 Å². The van der Waals surface area contributed by atoms with Crippen molar-refractivity contribution in [2.75, 3.05) is 5.32 Å². The van der Waals surface area contributed by atoms with Crippen molar-refractivity contribution in [3.05, 3.63) is 47.1 Å². The van der Waals surface area contributed by atoms with E-state index in [0.29, 0.717) is 17.2 Å². The first kappa shape index (κ1) is 12.7. The Labute approximate surface area is 120 Å². The van der Waals surface area contributed by atoms with Gasteiger partial charge in [0.2, 0.25) is 0 Å². The van der Waals surface area contributed by atoms with Crippen LogP contribution in [0.5, 0.6) is 11.5 Å². The maximum atomic E-state index is 12.1. The highest BCUT2D eigenvalue weighted by Gasteiger charge is 2.29. The molecule has 6 heteroatoms. The maximum Gasteiger partial charge on any atom is 0.267 e. The van der Waals surface area contributed by atoms with Gasteiger partial charge < -0.3 is 15.2 Å². The lowest BCUT2D eigenvalue weighted by Gasteiger charge is -2.11. The van der Waals surface area contributed by atoms with Gasteiger partial charge in [0.05, 0.1) is 0 Å². The fraction of sp³-hybridized carbons (Fsp3) is 0.143. The minimum absolute atomic E-state index is 0.0839. The van der Waals surface area contributed by atoms with Gasteiger partial charge in [-0.3, -0.25) is 4.79 Å². The van der Waals surface area contributed by atoms with Gasteiger partial charge in [0, 0.05) is 17.6 Å². The normalized spacial score (nSPS) is 16.4. The van der Waals surface area contributed by atoms with Crippen LogP contribution in [0.2, 0.25) is 5.02 Å². The van der Waals surface area contributed by atoms with E-state index in [4.69, 9.17) is 16.3 Å². The molecule has 0 aliphatic carbocycles. The van der Waals surface area contributed by atoms with Crippen molar-refractivity contribution in [1.29, 1.82) is 0 Å². The number of amides is 1. The molecule has 3 rings (SSSR count). The van der Waals surface area contributed by atoms with E-state index in [9.17, 15) is 9.90 Å². The summed E-state index contributed by atoms with van der Waals surface area (Å²) in [6.45, 7) is 0. The molecular weight excluding hydrogens is 280 g/mol. The van der Waals surface area contributed by atoms with Gasteiger partial charge in [0.15, 0.2) is 17.7 Å². The highest BCUT2D eigenvalue weighted by molar-refractivity contribution is 6.30. The molecule has 2 aromatic rings. The lowest BCUT2D eigenvalue weighted by molar-refractivity contribution is -0.122. The number of aromatic hydroxyl groups is 1. The molecule has 0 bridgehead atoms. The molecule has 0 saturated carbocycles. The summed E-state index contributed by atoms with van der Waals surface area (Å²) in [6, 6.07) is 8.26. The maximum absolute atomic E-state index is 12.1. The second-order valence-corrected chi connectivity index (χ2v) is 4.86. The van der Waals surface area contributed by atoms with E-state index in [0.717, 1.165) is 5.56 Å². The molecular formula is C14H11ClN2O3. The monoisotopic (exact) mass is 290 g/mol. The van der Waals surface area contributed by atoms with E-state index in [-0.39, 0.29) is 17.5 Å². The first-order valence-corrected chi connectivity index (χ1v) is 6.41. The second-order valence-electron chi connectivity index (χ2n) is 4.42. The van der Waals surface area contributed by atoms with E-state index < -0.39 is 6.10 Å². The van der Waals surface area contributed by atoms with E-state index in [1.807, 2.05) is 0 Å². The van der Waals surface area contributed by atoms with Gasteiger partial charge in [0.1, 0.15) is 5.75 Å². The standard InChI is InChI=1S/C14H11ClN2O3/c15-9-3-4-11-8(6-9)7-12(20-11)14(19)17-13-10(18)2-1-5-16-13/h1-6,12,18H,7H2,(H,16,17,19)/t12-/m1/s1. The molecule has 0 radical (unpaired) electrons. The van der Waals surface area contributed by atoms with E-state index in [1.165, 1.54) is 12.3 Å². The summed E-state index contributed by atoms with van der Waals surface area (Å²) in [4.78, 5) is 16.0. The van der Waals surface area contributed by atoms with Gasteiger partial charge in [0.25, 0.3) is 5.91 Å². The lowest BCUT2D eigenvalue weighted by atomic mass is 10.1. The predicted molar refractivity (Wildman–Crippen MR) is 74.1 cm³/mol. The van der Waals surface area contributed by atoms with Crippen molar-refractivity contribution in [1.82, 2.24) is 4.98 Å². The number of nitrogens with one attached hydrogen (secondary N) is 1. The van der Waals surface area contributed by atoms with Crippen LogP contribution in [-0.4, -0.2) is 22.1 Å². The number of hydrogen-bond donors (Lipinski definition) is 2. The average molecular weight is 291 g/mol. The topological polar surface area (TPSA) is 71.5 Å². The Kier molecular flexibility index (Phi) is 3.20. The fourth-order valence-electron chi connectivity index (χ4n) is 2.05. The smallest absolute Gasteiger partial charge is 0.267 e. The van der Waals surface area contributed by atoms with Gasteiger partial charge in [-0.25, -0.2) is 4.98 Å². The number of rotatable bonds is 2. The predicted octanol–water partition coefficient (Wildman–Crippen LogP) is 2.38. The Morgan fingerprint density at radius 1 is 1.45 bits per heavy atom. The molecule has 1 amide bonds. The van der Waals surface area contributed by atoms with Crippen LogP contribution in [0.4, 0.5) is 5.82 Å². The first-order chi connectivity index (χ1) is 9.63. The zero-order chi connectivity index (χ0) is 14.1. The molecule has 1 aliphatic heterocycles. The number of carbonyl (C=O) groups excluding carboxylic acids is 1. The number of hydrogen-bond acceptors (Lipinski definition) is 4. The summed E-state index contributed by atoms with van der Waals surface area (Å²) in [5.41, 5.74) is 0.892. The summed E-state index contributed by atoms with van der Waals surface area (Å²) < 4.78 is 5.56. The van der Waals surface area contributed by atoms with Crippen molar-refractivity contribution < 1.29 is 14.6 Å². The van der Waals surface area contributed by atoms with Crippen LogP contribution in [0.1, 0.15) is 5.56 Å². The Bertz CT molecular complexity index is 675. The number of halogens is 1. The van der Waals surface area contributed by atoms with Crippen molar-refractivity contribution in [2.24, 2.45) is 0 Å².